The zero-order chi connectivity index (χ0) is 16.4. The van der Waals surface area contributed by atoms with Crippen molar-refractivity contribution in [1.29, 1.82) is 0 Å². The molecule has 23 heavy (non-hydrogen) atoms. The molecule has 0 aliphatic carbocycles. The molecule has 5 nitrogen and oxygen atoms in total. The molecule has 0 atom stereocenters. The molecule has 0 unspecified atom stereocenters. The van der Waals surface area contributed by atoms with Crippen LogP contribution in [0, 0.1) is 13.8 Å². The number of nitrogens with one attached hydrogen (secondary N) is 2. The van der Waals surface area contributed by atoms with Gasteiger partial charge in [-0.3, -0.25) is 4.79 Å². The Hall–Kier alpha value is -1.86. The van der Waals surface area contributed by atoms with Crippen molar-refractivity contribution in [3.05, 3.63) is 46.1 Å². The topological polar surface area (TPSA) is 70.7 Å². The van der Waals surface area contributed by atoms with Gasteiger partial charge in [-0.1, -0.05) is 23.9 Å². The van der Waals surface area contributed by atoms with Gasteiger partial charge in [0.15, 0.2) is 10.8 Å². The predicted molar refractivity (Wildman–Crippen MR) is 96.9 cm³/mol. The molecule has 0 spiro atoms. The second-order valence-electron chi connectivity index (χ2n) is 5.22. The van der Waals surface area contributed by atoms with E-state index in [-0.39, 0.29) is 11.7 Å². The molecule has 0 bridgehead atoms. The van der Waals surface area contributed by atoms with Crippen molar-refractivity contribution in [2.45, 2.75) is 19.0 Å². The van der Waals surface area contributed by atoms with Crippen LogP contribution in [0.25, 0.3) is 11.2 Å². The number of thioether (sulfide) groups is 1. The van der Waals surface area contributed by atoms with E-state index in [1.807, 2.05) is 38.1 Å². The summed E-state index contributed by atoms with van der Waals surface area (Å²) < 4.78 is 0.887. The fourth-order valence-corrected chi connectivity index (χ4v) is 3.12. The highest BCUT2D eigenvalue weighted by Crippen LogP contribution is 2.21. The Labute approximate surface area is 146 Å². The third kappa shape index (κ3) is 3.92. The number of aromatic nitrogens is 3. The summed E-state index contributed by atoms with van der Waals surface area (Å²) in [4.78, 5) is 23.9. The molecule has 118 valence electrons. The molecule has 1 amide bonds. The van der Waals surface area contributed by atoms with E-state index >= 15 is 0 Å². The van der Waals surface area contributed by atoms with E-state index in [0.717, 1.165) is 26.8 Å². The molecule has 0 aliphatic rings. The number of nitrogens with zero attached hydrogens (tertiary/aromatic N) is 2. The van der Waals surface area contributed by atoms with E-state index in [9.17, 15) is 4.79 Å². The molecule has 2 aromatic heterocycles. The minimum absolute atomic E-state index is 0.0571. The van der Waals surface area contributed by atoms with Crippen LogP contribution in [0.1, 0.15) is 11.1 Å². The number of hydrogen-bond donors (Lipinski definition) is 2. The highest BCUT2D eigenvalue weighted by molar-refractivity contribution is 9.10. The summed E-state index contributed by atoms with van der Waals surface area (Å²) in [7, 11) is 0. The second kappa shape index (κ2) is 6.72. The Morgan fingerprint density at radius 1 is 1.35 bits per heavy atom. The van der Waals surface area contributed by atoms with Gasteiger partial charge in [0.1, 0.15) is 0 Å². The first-order chi connectivity index (χ1) is 11.0. The zero-order valence-corrected chi connectivity index (χ0v) is 15.1. The number of amides is 1. The average Bonchev–Trinajstić information content (AvgIpc) is 2.91. The first-order valence-electron chi connectivity index (χ1n) is 7.02. The Morgan fingerprint density at radius 2 is 2.17 bits per heavy atom. The number of carbonyl (C=O) groups is 1. The maximum absolute atomic E-state index is 12.1. The molecule has 0 radical (unpaired) electrons. The number of halogens is 1. The van der Waals surface area contributed by atoms with Crippen LogP contribution in [0.4, 0.5) is 5.69 Å². The van der Waals surface area contributed by atoms with E-state index < -0.39 is 0 Å². The van der Waals surface area contributed by atoms with Gasteiger partial charge in [0, 0.05) is 16.4 Å². The van der Waals surface area contributed by atoms with Gasteiger partial charge in [0.2, 0.25) is 5.91 Å². The molecule has 0 saturated heterocycles. The number of aryl methyl sites for hydroxylation is 2. The highest BCUT2D eigenvalue weighted by atomic mass is 79.9. The van der Waals surface area contributed by atoms with Crippen LogP contribution in [0.3, 0.4) is 0 Å². The smallest absolute Gasteiger partial charge is 0.234 e. The molecule has 1 aromatic carbocycles. The molecule has 2 heterocycles. The summed E-state index contributed by atoms with van der Waals surface area (Å²) >= 11 is 4.73. The minimum atomic E-state index is -0.0571. The fourth-order valence-electron chi connectivity index (χ4n) is 2.11. The summed E-state index contributed by atoms with van der Waals surface area (Å²) in [6, 6.07) is 7.91. The molecule has 7 heteroatoms. The van der Waals surface area contributed by atoms with Gasteiger partial charge in [-0.25, -0.2) is 9.97 Å². The van der Waals surface area contributed by atoms with E-state index in [0.29, 0.717) is 10.8 Å². The molecular formula is C16H15BrN4OS. The third-order valence-corrected chi connectivity index (χ3v) is 4.60. The lowest BCUT2D eigenvalue weighted by atomic mass is 10.1. The van der Waals surface area contributed by atoms with Crippen LogP contribution in [-0.4, -0.2) is 26.6 Å². The quantitative estimate of drug-likeness (QED) is 0.658. The average molecular weight is 391 g/mol. The number of imidazole rings is 1. The molecule has 2 N–H and O–H groups in total. The lowest BCUT2D eigenvalue weighted by molar-refractivity contribution is -0.113. The van der Waals surface area contributed by atoms with Crippen molar-refractivity contribution >= 4 is 50.5 Å². The van der Waals surface area contributed by atoms with Crippen molar-refractivity contribution < 1.29 is 4.79 Å². The van der Waals surface area contributed by atoms with Gasteiger partial charge in [0.05, 0.1) is 11.3 Å². The fraction of sp³-hybridized carbons (Fsp3) is 0.188. The molecule has 3 aromatic rings. The summed E-state index contributed by atoms with van der Waals surface area (Å²) in [5.74, 6) is 0.229. The number of aromatic amines is 1. The SMILES string of the molecule is Cc1ccc(C)c(NC(=O)CSc2nc3ncc(Br)cc3[nH]2)c1. The Bertz CT molecular complexity index is 878. The van der Waals surface area contributed by atoms with Crippen molar-refractivity contribution in [1.82, 2.24) is 15.0 Å². The number of H-pyrrole nitrogens is 1. The number of carbonyl (C=O) groups excluding carboxylic acids is 1. The molecule has 3 rings (SSSR count). The minimum Gasteiger partial charge on any atom is -0.331 e. The molecular weight excluding hydrogens is 376 g/mol. The van der Waals surface area contributed by atoms with Gasteiger partial charge in [-0.15, -0.1) is 0 Å². The van der Waals surface area contributed by atoms with E-state index in [2.05, 4.69) is 36.2 Å². The van der Waals surface area contributed by atoms with Crippen LogP contribution in [0.15, 0.2) is 40.1 Å². The highest BCUT2D eigenvalue weighted by Gasteiger charge is 2.09. The predicted octanol–water partition coefficient (Wildman–Crippen LogP) is 4.07. The third-order valence-electron chi connectivity index (χ3n) is 3.29. The van der Waals surface area contributed by atoms with Gasteiger partial charge in [-0.05, 0) is 53.0 Å². The largest absolute Gasteiger partial charge is 0.331 e. The van der Waals surface area contributed by atoms with Crippen molar-refractivity contribution in [3.8, 4) is 0 Å². The molecule has 0 aliphatic heterocycles. The summed E-state index contributed by atoms with van der Waals surface area (Å²) in [5.41, 5.74) is 4.51. The first-order valence-corrected chi connectivity index (χ1v) is 8.80. The van der Waals surface area contributed by atoms with Crippen molar-refractivity contribution in [3.63, 3.8) is 0 Å². The lowest BCUT2D eigenvalue weighted by Crippen LogP contribution is -2.15. The van der Waals surface area contributed by atoms with Crippen LogP contribution in [0.5, 0.6) is 0 Å². The Balaban J connectivity index is 1.64. The number of benzene rings is 1. The monoisotopic (exact) mass is 390 g/mol. The summed E-state index contributed by atoms with van der Waals surface area (Å²) in [6.45, 7) is 3.98. The van der Waals surface area contributed by atoms with E-state index in [1.54, 1.807) is 6.20 Å². The van der Waals surface area contributed by atoms with Crippen LogP contribution in [0.2, 0.25) is 0 Å². The Kier molecular flexibility index (Phi) is 4.68. The first kappa shape index (κ1) is 16.0. The van der Waals surface area contributed by atoms with Gasteiger partial charge in [0.25, 0.3) is 0 Å². The van der Waals surface area contributed by atoms with Crippen LogP contribution in [-0.2, 0) is 4.79 Å². The van der Waals surface area contributed by atoms with E-state index in [4.69, 9.17) is 0 Å². The number of hydrogen-bond acceptors (Lipinski definition) is 4. The summed E-state index contributed by atoms with van der Waals surface area (Å²) in [6.07, 6.45) is 1.70. The standard InChI is InChI=1S/C16H15BrN4OS/c1-9-3-4-10(2)12(5-9)19-14(22)8-23-16-20-13-6-11(17)7-18-15(13)21-16/h3-7H,8H2,1-2H3,(H,19,22)(H,18,20,21). The van der Waals surface area contributed by atoms with Gasteiger partial charge >= 0.3 is 0 Å². The van der Waals surface area contributed by atoms with Crippen molar-refractivity contribution in [2.24, 2.45) is 0 Å². The molecule has 0 fully saturated rings. The van der Waals surface area contributed by atoms with Gasteiger partial charge < -0.3 is 10.3 Å². The zero-order valence-electron chi connectivity index (χ0n) is 12.7. The maximum atomic E-state index is 12.1. The maximum Gasteiger partial charge on any atom is 0.234 e. The summed E-state index contributed by atoms with van der Waals surface area (Å²) in [5, 5.41) is 3.62. The molecule has 0 saturated carbocycles. The van der Waals surface area contributed by atoms with Crippen LogP contribution >= 0.6 is 27.7 Å². The Morgan fingerprint density at radius 3 is 3.00 bits per heavy atom. The van der Waals surface area contributed by atoms with Crippen molar-refractivity contribution in [2.75, 3.05) is 11.1 Å². The second-order valence-corrected chi connectivity index (χ2v) is 7.10. The number of rotatable bonds is 4. The van der Waals surface area contributed by atoms with Gasteiger partial charge in [-0.2, -0.15) is 0 Å². The number of pyridine rings is 1. The lowest BCUT2D eigenvalue weighted by Gasteiger charge is -2.08. The number of fused-ring (bicyclic) bond motifs is 1. The normalized spacial score (nSPS) is 10.9. The van der Waals surface area contributed by atoms with E-state index in [1.165, 1.54) is 11.8 Å². The van der Waals surface area contributed by atoms with Crippen LogP contribution < -0.4 is 5.32 Å². The number of anilines is 1.